The second kappa shape index (κ2) is 11.0. The predicted octanol–water partition coefficient (Wildman–Crippen LogP) is 1.55. The lowest BCUT2D eigenvalue weighted by Gasteiger charge is -2.16. The Labute approximate surface area is 87.8 Å². The number of hydrogen-bond acceptors (Lipinski definition) is 3. The largest absolute Gasteiger partial charge is 0.394 e. The van der Waals surface area contributed by atoms with Crippen LogP contribution in [0.2, 0.25) is 0 Å². The Bertz CT molecular complexity index is 109. The Morgan fingerprint density at radius 2 is 2.07 bits per heavy atom. The molecule has 0 bridgehead atoms. The van der Waals surface area contributed by atoms with Crippen LogP contribution in [-0.2, 0) is 4.74 Å². The Morgan fingerprint density at radius 1 is 1.29 bits per heavy atom. The summed E-state index contributed by atoms with van der Waals surface area (Å²) in [6.07, 6.45) is 5.00. The lowest BCUT2D eigenvalue weighted by atomic mass is 10.1. The highest BCUT2D eigenvalue weighted by molar-refractivity contribution is 4.63. The molecule has 0 spiro atoms. The van der Waals surface area contributed by atoms with E-state index in [9.17, 15) is 0 Å². The van der Waals surface area contributed by atoms with E-state index < -0.39 is 0 Å². The van der Waals surface area contributed by atoms with Crippen molar-refractivity contribution in [2.24, 2.45) is 0 Å². The summed E-state index contributed by atoms with van der Waals surface area (Å²) in [6.45, 7) is 6.59. The van der Waals surface area contributed by atoms with E-state index in [0.29, 0.717) is 19.3 Å². The number of rotatable bonds is 10. The fraction of sp³-hybridized carbons (Fsp3) is 1.00. The van der Waals surface area contributed by atoms with Crippen LogP contribution in [0, 0.1) is 0 Å². The quantitative estimate of drug-likeness (QED) is 0.529. The summed E-state index contributed by atoms with van der Waals surface area (Å²) < 4.78 is 5.17. The van der Waals surface area contributed by atoms with Gasteiger partial charge in [-0.05, 0) is 12.8 Å². The van der Waals surface area contributed by atoms with Gasteiger partial charge in [-0.3, -0.25) is 0 Å². The maximum absolute atomic E-state index is 8.49. The van der Waals surface area contributed by atoms with E-state index in [1.54, 1.807) is 0 Å². The standard InChI is InChI=1S/C11H25NO2/c1-3-5-6-11(4-2)12-7-9-14-10-8-13/h11-13H,3-10H2,1-2H3/t11-/m0/s1. The molecule has 0 rings (SSSR count). The zero-order valence-electron chi connectivity index (χ0n) is 9.59. The van der Waals surface area contributed by atoms with Crippen molar-refractivity contribution in [1.29, 1.82) is 0 Å². The summed E-state index contributed by atoms with van der Waals surface area (Å²) in [7, 11) is 0. The van der Waals surface area contributed by atoms with E-state index >= 15 is 0 Å². The lowest BCUT2D eigenvalue weighted by molar-refractivity contribution is 0.0923. The van der Waals surface area contributed by atoms with Gasteiger partial charge in [-0.15, -0.1) is 0 Å². The first-order chi connectivity index (χ1) is 6.85. The second-order valence-corrected chi connectivity index (χ2v) is 3.54. The number of aliphatic hydroxyl groups excluding tert-OH is 1. The smallest absolute Gasteiger partial charge is 0.0698 e. The monoisotopic (exact) mass is 203 g/mol. The average molecular weight is 203 g/mol. The topological polar surface area (TPSA) is 41.5 Å². The van der Waals surface area contributed by atoms with Crippen LogP contribution < -0.4 is 5.32 Å². The van der Waals surface area contributed by atoms with E-state index in [0.717, 1.165) is 6.54 Å². The van der Waals surface area contributed by atoms with E-state index in [1.807, 2.05) is 0 Å². The molecule has 2 N–H and O–H groups in total. The molecule has 0 saturated heterocycles. The predicted molar refractivity (Wildman–Crippen MR) is 59.5 cm³/mol. The molecule has 0 aliphatic rings. The van der Waals surface area contributed by atoms with Gasteiger partial charge in [-0.2, -0.15) is 0 Å². The van der Waals surface area contributed by atoms with E-state index in [1.165, 1.54) is 25.7 Å². The number of aliphatic hydroxyl groups is 1. The van der Waals surface area contributed by atoms with Crippen molar-refractivity contribution in [1.82, 2.24) is 5.32 Å². The van der Waals surface area contributed by atoms with E-state index in [4.69, 9.17) is 9.84 Å². The van der Waals surface area contributed by atoms with Gasteiger partial charge in [0.25, 0.3) is 0 Å². The van der Waals surface area contributed by atoms with Crippen molar-refractivity contribution in [2.45, 2.75) is 45.6 Å². The Morgan fingerprint density at radius 3 is 2.64 bits per heavy atom. The molecule has 0 fully saturated rings. The van der Waals surface area contributed by atoms with Gasteiger partial charge >= 0.3 is 0 Å². The minimum atomic E-state index is 0.118. The van der Waals surface area contributed by atoms with Crippen LogP contribution in [0.4, 0.5) is 0 Å². The second-order valence-electron chi connectivity index (χ2n) is 3.54. The first-order valence-corrected chi connectivity index (χ1v) is 5.77. The molecule has 3 nitrogen and oxygen atoms in total. The Balaban J connectivity index is 3.24. The molecule has 3 heteroatoms. The zero-order valence-corrected chi connectivity index (χ0v) is 9.59. The molecule has 0 unspecified atom stereocenters. The van der Waals surface area contributed by atoms with Gasteiger partial charge < -0.3 is 15.2 Å². The van der Waals surface area contributed by atoms with Gasteiger partial charge in [0.1, 0.15) is 0 Å². The fourth-order valence-electron chi connectivity index (χ4n) is 1.40. The van der Waals surface area contributed by atoms with Gasteiger partial charge in [0.2, 0.25) is 0 Å². The summed E-state index contributed by atoms with van der Waals surface area (Å²) in [5, 5.41) is 11.9. The molecule has 0 amide bonds. The molecule has 0 aliphatic carbocycles. The summed E-state index contributed by atoms with van der Waals surface area (Å²) in [5.41, 5.74) is 0. The molecule has 86 valence electrons. The van der Waals surface area contributed by atoms with Crippen molar-refractivity contribution in [3.63, 3.8) is 0 Å². The summed E-state index contributed by atoms with van der Waals surface area (Å²) in [4.78, 5) is 0. The average Bonchev–Trinajstić information content (AvgIpc) is 2.22. The lowest BCUT2D eigenvalue weighted by Crippen LogP contribution is -2.31. The molecule has 14 heavy (non-hydrogen) atoms. The van der Waals surface area contributed by atoms with Crippen LogP contribution in [0.15, 0.2) is 0 Å². The molecular formula is C11H25NO2. The molecule has 0 radical (unpaired) electrons. The van der Waals surface area contributed by atoms with E-state index in [2.05, 4.69) is 19.2 Å². The SMILES string of the molecule is CCCC[C@H](CC)NCCOCCO. The van der Waals surface area contributed by atoms with Crippen molar-refractivity contribution in [3.8, 4) is 0 Å². The van der Waals surface area contributed by atoms with E-state index in [-0.39, 0.29) is 6.61 Å². The van der Waals surface area contributed by atoms with Gasteiger partial charge in [0, 0.05) is 12.6 Å². The Hall–Kier alpha value is -0.120. The molecular weight excluding hydrogens is 178 g/mol. The normalized spacial score (nSPS) is 13.1. The van der Waals surface area contributed by atoms with Gasteiger partial charge in [0.15, 0.2) is 0 Å². The maximum atomic E-state index is 8.49. The van der Waals surface area contributed by atoms with Crippen molar-refractivity contribution in [2.75, 3.05) is 26.4 Å². The number of unbranched alkanes of at least 4 members (excludes halogenated alkanes) is 1. The van der Waals surface area contributed by atoms with Crippen LogP contribution in [-0.4, -0.2) is 37.5 Å². The number of nitrogens with one attached hydrogen (secondary N) is 1. The molecule has 0 heterocycles. The van der Waals surface area contributed by atoms with Crippen molar-refractivity contribution >= 4 is 0 Å². The third-order valence-electron chi connectivity index (χ3n) is 2.31. The third kappa shape index (κ3) is 8.48. The third-order valence-corrected chi connectivity index (χ3v) is 2.31. The molecule has 0 saturated carbocycles. The summed E-state index contributed by atoms with van der Waals surface area (Å²) >= 11 is 0. The summed E-state index contributed by atoms with van der Waals surface area (Å²) in [5.74, 6) is 0. The first-order valence-electron chi connectivity index (χ1n) is 5.77. The minimum absolute atomic E-state index is 0.118. The maximum Gasteiger partial charge on any atom is 0.0698 e. The van der Waals surface area contributed by atoms with Crippen LogP contribution in [0.25, 0.3) is 0 Å². The molecule has 0 aromatic rings. The van der Waals surface area contributed by atoms with Crippen LogP contribution >= 0.6 is 0 Å². The van der Waals surface area contributed by atoms with Crippen LogP contribution in [0.3, 0.4) is 0 Å². The van der Waals surface area contributed by atoms with Crippen LogP contribution in [0.5, 0.6) is 0 Å². The summed E-state index contributed by atoms with van der Waals surface area (Å²) in [6, 6.07) is 0.632. The highest BCUT2D eigenvalue weighted by Crippen LogP contribution is 2.03. The number of hydrogen-bond donors (Lipinski definition) is 2. The first kappa shape index (κ1) is 13.9. The fourth-order valence-corrected chi connectivity index (χ4v) is 1.40. The number of ether oxygens (including phenoxy) is 1. The zero-order chi connectivity index (χ0) is 10.6. The van der Waals surface area contributed by atoms with Gasteiger partial charge in [0.05, 0.1) is 19.8 Å². The van der Waals surface area contributed by atoms with Gasteiger partial charge in [-0.25, -0.2) is 0 Å². The minimum Gasteiger partial charge on any atom is -0.394 e. The van der Waals surface area contributed by atoms with Gasteiger partial charge in [-0.1, -0.05) is 26.7 Å². The Kier molecular flexibility index (Phi) is 10.9. The van der Waals surface area contributed by atoms with Crippen LogP contribution in [0.1, 0.15) is 39.5 Å². The molecule has 0 aromatic carbocycles. The van der Waals surface area contributed by atoms with Crippen molar-refractivity contribution < 1.29 is 9.84 Å². The highest BCUT2D eigenvalue weighted by Gasteiger charge is 2.03. The van der Waals surface area contributed by atoms with Crippen molar-refractivity contribution in [3.05, 3.63) is 0 Å². The molecule has 1 atom stereocenters. The molecule has 0 aromatic heterocycles. The molecule has 0 aliphatic heterocycles. The highest BCUT2D eigenvalue weighted by atomic mass is 16.5.